The number of amides is 1. The van der Waals surface area contributed by atoms with Crippen LogP contribution in [0.4, 0.5) is 0 Å². The van der Waals surface area contributed by atoms with Gasteiger partial charge in [-0.3, -0.25) is 4.79 Å². The van der Waals surface area contributed by atoms with E-state index >= 15 is 0 Å². The van der Waals surface area contributed by atoms with Gasteiger partial charge in [0.25, 0.3) is 0 Å². The molecule has 0 spiro atoms. The third-order valence-electron chi connectivity index (χ3n) is 5.43. The first kappa shape index (κ1) is 24.3. The second-order valence-electron chi connectivity index (χ2n) is 7.79. The van der Waals surface area contributed by atoms with E-state index in [0.29, 0.717) is 25.7 Å². The number of halogens is 1. The fourth-order valence-electron chi connectivity index (χ4n) is 3.76. The van der Waals surface area contributed by atoms with Crippen molar-refractivity contribution in [2.24, 2.45) is 17.6 Å². The zero-order valence-electron chi connectivity index (χ0n) is 16.8. The van der Waals surface area contributed by atoms with E-state index in [1.807, 2.05) is 18.2 Å². The lowest BCUT2D eigenvalue weighted by Gasteiger charge is -2.19. The van der Waals surface area contributed by atoms with Crippen LogP contribution in [0.15, 0.2) is 34.8 Å². The van der Waals surface area contributed by atoms with Crippen LogP contribution < -0.4 is 5.73 Å². The molecule has 1 heterocycles. The summed E-state index contributed by atoms with van der Waals surface area (Å²) in [6, 6.07) is 2.10. The van der Waals surface area contributed by atoms with Crippen LogP contribution in [-0.2, 0) is 11.2 Å². The Labute approximate surface area is 185 Å². The molecule has 0 saturated heterocycles. The van der Waals surface area contributed by atoms with E-state index in [1.165, 1.54) is 9.75 Å². The van der Waals surface area contributed by atoms with E-state index < -0.39 is 18.3 Å². The maximum Gasteiger partial charge on any atom is 0.217 e. The van der Waals surface area contributed by atoms with Gasteiger partial charge in [0.05, 0.1) is 18.3 Å². The Morgan fingerprint density at radius 1 is 1.38 bits per heavy atom. The predicted molar refractivity (Wildman–Crippen MR) is 121 cm³/mol. The smallest absolute Gasteiger partial charge is 0.217 e. The van der Waals surface area contributed by atoms with Crippen LogP contribution in [0, 0.1) is 18.8 Å². The molecule has 1 fully saturated rings. The Hall–Kier alpha value is -0.990. The molecular formula is C22H32BrNO4S. The molecule has 1 aliphatic carbocycles. The molecule has 0 aliphatic heterocycles. The molecule has 1 amide bonds. The zero-order valence-corrected chi connectivity index (χ0v) is 19.2. The van der Waals surface area contributed by atoms with Gasteiger partial charge in [-0.1, -0.05) is 24.3 Å². The monoisotopic (exact) mass is 485 g/mol. The third-order valence-corrected chi connectivity index (χ3v) is 7.63. The highest BCUT2D eigenvalue weighted by molar-refractivity contribution is 9.10. The molecule has 5 unspecified atom stereocenters. The molecule has 2 rings (SSSR count). The summed E-state index contributed by atoms with van der Waals surface area (Å²) in [6.07, 6.45) is 10.2. The molecule has 5 atom stereocenters. The van der Waals surface area contributed by atoms with Crippen molar-refractivity contribution in [3.63, 3.8) is 0 Å². The normalized spacial score (nSPS) is 26.0. The summed E-state index contributed by atoms with van der Waals surface area (Å²) in [5, 5.41) is 30.9. The highest BCUT2D eigenvalue weighted by atomic mass is 79.9. The number of unbranched alkanes of at least 4 members (excludes halogenated alkanes) is 1. The number of hydrogen-bond donors (Lipinski definition) is 4. The summed E-state index contributed by atoms with van der Waals surface area (Å²) < 4.78 is 1.11. The van der Waals surface area contributed by atoms with Crippen LogP contribution in [-0.4, -0.2) is 39.5 Å². The maximum absolute atomic E-state index is 10.7. The number of thiophene rings is 1. The Bertz CT molecular complexity index is 698. The molecule has 0 bridgehead atoms. The SMILES string of the molecule is Cc1sc(CCC(O)/C=C/C2C(O)CC(O)C2C/C=C/CCCC(N)=O)cc1Br. The molecule has 5 N–H and O–H groups in total. The van der Waals surface area contributed by atoms with Crippen molar-refractivity contribution in [1.29, 1.82) is 0 Å². The summed E-state index contributed by atoms with van der Waals surface area (Å²) >= 11 is 5.24. The number of aliphatic hydroxyl groups excluding tert-OH is 3. The summed E-state index contributed by atoms with van der Waals surface area (Å²) in [7, 11) is 0. The molecule has 162 valence electrons. The number of nitrogens with two attached hydrogens (primary N) is 1. The molecule has 0 radical (unpaired) electrons. The van der Waals surface area contributed by atoms with E-state index in [-0.39, 0.29) is 17.7 Å². The first-order valence-electron chi connectivity index (χ1n) is 10.2. The lowest BCUT2D eigenvalue weighted by molar-refractivity contribution is -0.118. The first-order chi connectivity index (χ1) is 13.8. The van der Waals surface area contributed by atoms with E-state index in [1.54, 1.807) is 17.4 Å². The van der Waals surface area contributed by atoms with Gasteiger partial charge in [-0.15, -0.1) is 11.3 Å². The maximum atomic E-state index is 10.7. The van der Waals surface area contributed by atoms with E-state index in [9.17, 15) is 20.1 Å². The average Bonchev–Trinajstić information content (AvgIpc) is 3.11. The molecule has 5 nitrogen and oxygen atoms in total. The van der Waals surface area contributed by atoms with Crippen LogP contribution in [0.5, 0.6) is 0 Å². The van der Waals surface area contributed by atoms with Crippen LogP contribution in [0.2, 0.25) is 0 Å². The van der Waals surface area contributed by atoms with Crippen LogP contribution in [0.3, 0.4) is 0 Å². The van der Waals surface area contributed by atoms with Gasteiger partial charge < -0.3 is 21.1 Å². The van der Waals surface area contributed by atoms with Crippen LogP contribution in [0.1, 0.15) is 48.3 Å². The number of allylic oxidation sites excluding steroid dienone is 2. The Kier molecular flexibility index (Phi) is 10.1. The third kappa shape index (κ3) is 7.98. The van der Waals surface area contributed by atoms with Gasteiger partial charge in [-0.05, 0) is 66.9 Å². The molecule has 1 aliphatic rings. The number of rotatable bonds is 11. The number of aryl methyl sites for hydroxylation is 2. The first-order valence-corrected chi connectivity index (χ1v) is 11.8. The van der Waals surface area contributed by atoms with Gasteiger partial charge in [0, 0.05) is 33.0 Å². The van der Waals surface area contributed by atoms with Gasteiger partial charge in [-0.25, -0.2) is 0 Å². The Morgan fingerprint density at radius 2 is 2.14 bits per heavy atom. The average molecular weight is 486 g/mol. The summed E-state index contributed by atoms with van der Waals surface area (Å²) in [6.45, 7) is 2.06. The highest BCUT2D eigenvalue weighted by Crippen LogP contribution is 2.36. The standard InChI is InChI=1S/C22H32BrNO4S/c1-14-19(23)12-16(29-14)10-8-15(25)9-11-18-17(20(26)13-21(18)27)6-4-2-3-5-7-22(24)28/h2,4,9,11-12,15,17-18,20-21,25-27H,3,5-8,10,13H2,1H3,(H2,24,28)/b4-2+,11-9+. The van der Waals surface area contributed by atoms with E-state index in [4.69, 9.17) is 5.73 Å². The molecule has 1 aromatic rings. The zero-order chi connectivity index (χ0) is 21.4. The van der Waals surface area contributed by atoms with Gasteiger partial charge >= 0.3 is 0 Å². The van der Waals surface area contributed by atoms with Gasteiger partial charge in [0.1, 0.15) is 0 Å². The second kappa shape index (κ2) is 12.0. The van der Waals surface area contributed by atoms with Gasteiger partial charge in [0.2, 0.25) is 5.91 Å². The Morgan fingerprint density at radius 3 is 2.79 bits per heavy atom. The number of carbonyl (C=O) groups is 1. The molecular weight excluding hydrogens is 454 g/mol. The quantitative estimate of drug-likeness (QED) is 0.283. The van der Waals surface area contributed by atoms with Crippen molar-refractivity contribution in [3.05, 3.63) is 44.6 Å². The fourth-order valence-corrected chi connectivity index (χ4v) is 5.37. The van der Waals surface area contributed by atoms with Crippen molar-refractivity contribution in [1.82, 2.24) is 0 Å². The summed E-state index contributed by atoms with van der Waals surface area (Å²) in [5.41, 5.74) is 5.12. The van der Waals surface area contributed by atoms with Gasteiger partial charge in [0.15, 0.2) is 0 Å². The second-order valence-corrected chi connectivity index (χ2v) is 9.98. The van der Waals surface area contributed by atoms with Crippen molar-refractivity contribution < 1.29 is 20.1 Å². The van der Waals surface area contributed by atoms with Crippen molar-refractivity contribution in [2.45, 2.75) is 70.2 Å². The highest BCUT2D eigenvalue weighted by Gasteiger charge is 2.39. The number of primary amides is 1. The minimum absolute atomic E-state index is 0.0725. The van der Waals surface area contributed by atoms with Crippen LogP contribution >= 0.6 is 27.3 Å². The lowest BCUT2D eigenvalue weighted by Crippen LogP contribution is -2.20. The van der Waals surface area contributed by atoms with Crippen molar-refractivity contribution in [2.75, 3.05) is 0 Å². The van der Waals surface area contributed by atoms with Gasteiger partial charge in [-0.2, -0.15) is 0 Å². The van der Waals surface area contributed by atoms with Crippen LogP contribution in [0.25, 0.3) is 0 Å². The molecule has 1 aromatic heterocycles. The number of aliphatic hydroxyl groups is 3. The fraction of sp³-hybridized carbons (Fsp3) is 0.591. The minimum atomic E-state index is -0.599. The van der Waals surface area contributed by atoms with Crippen molar-refractivity contribution >= 4 is 33.2 Å². The minimum Gasteiger partial charge on any atom is -0.393 e. The molecule has 7 heteroatoms. The Balaban J connectivity index is 1.83. The van der Waals surface area contributed by atoms with E-state index in [2.05, 4.69) is 28.9 Å². The summed E-state index contributed by atoms with van der Waals surface area (Å²) in [5.74, 6) is -0.539. The number of hydrogen-bond acceptors (Lipinski definition) is 5. The number of carbonyl (C=O) groups excluding carboxylic acids is 1. The predicted octanol–water partition coefficient (Wildman–Crippen LogP) is 3.63. The topological polar surface area (TPSA) is 104 Å². The van der Waals surface area contributed by atoms with Crippen molar-refractivity contribution in [3.8, 4) is 0 Å². The molecule has 0 aromatic carbocycles. The lowest BCUT2D eigenvalue weighted by atomic mass is 9.89. The largest absolute Gasteiger partial charge is 0.393 e. The molecule has 1 saturated carbocycles. The molecule has 29 heavy (non-hydrogen) atoms. The van der Waals surface area contributed by atoms with E-state index in [0.717, 1.165) is 23.7 Å². The summed E-state index contributed by atoms with van der Waals surface area (Å²) in [4.78, 5) is 13.2.